The minimum Gasteiger partial charge on any atom is -0.505 e. The summed E-state index contributed by atoms with van der Waals surface area (Å²) < 4.78 is 0. The van der Waals surface area contributed by atoms with Crippen molar-refractivity contribution in [3.8, 4) is 5.75 Å². The van der Waals surface area contributed by atoms with Gasteiger partial charge in [-0.15, -0.1) is 0 Å². The summed E-state index contributed by atoms with van der Waals surface area (Å²) >= 11 is 0. The summed E-state index contributed by atoms with van der Waals surface area (Å²) in [4.78, 5) is 18.2. The third-order valence-corrected chi connectivity index (χ3v) is 3.66. The van der Waals surface area contributed by atoms with Crippen molar-refractivity contribution in [3.05, 3.63) is 24.0 Å². The Bertz CT molecular complexity index is 430. The lowest BCUT2D eigenvalue weighted by Crippen LogP contribution is -2.40. The monoisotopic (exact) mass is 263 g/mol. The Kier molecular flexibility index (Phi) is 4.74. The second-order valence-electron chi connectivity index (χ2n) is 4.97. The molecule has 104 valence electrons. The zero-order valence-corrected chi connectivity index (χ0v) is 11.1. The average Bonchev–Trinajstić information content (AvgIpc) is 2.93. The van der Waals surface area contributed by atoms with Gasteiger partial charge in [-0.25, -0.2) is 0 Å². The maximum atomic E-state index is 12.6. The maximum absolute atomic E-state index is 12.6. The number of aromatic nitrogens is 1. The quantitative estimate of drug-likeness (QED) is 0.844. The number of hydrogen-bond donors (Lipinski definition) is 2. The smallest absolute Gasteiger partial charge is 0.257 e. The molecule has 19 heavy (non-hydrogen) atoms. The standard InChI is InChI=1S/C14H21N3O2/c15-7-3-9-17(11-4-1-2-5-11)14(19)12-6-8-16-10-13(12)18/h6,8,10-11,18H,1-5,7,9,15H2. The summed E-state index contributed by atoms with van der Waals surface area (Å²) in [5, 5.41) is 9.76. The van der Waals surface area contributed by atoms with Crippen LogP contribution in [0.25, 0.3) is 0 Å². The van der Waals surface area contributed by atoms with E-state index in [1.807, 2.05) is 4.90 Å². The molecule has 1 aromatic heterocycles. The summed E-state index contributed by atoms with van der Waals surface area (Å²) in [6.07, 6.45) is 8.04. The second kappa shape index (κ2) is 6.52. The molecule has 0 aromatic carbocycles. The van der Waals surface area contributed by atoms with E-state index in [0.29, 0.717) is 18.7 Å². The van der Waals surface area contributed by atoms with Gasteiger partial charge in [-0.05, 0) is 31.9 Å². The van der Waals surface area contributed by atoms with E-state index < -0.39 is 0 Å². The Hall–Kier alpha value is -1.62. The number of hydrogen-bond acceptors (Lipinski definition) is 4. The highest BCUT2D eigenvalue weighted by molar-refractivity contribution is 5.96. The van der Waals surface area contributed by atoms with Gasteiger partial charge in [0.25, 0.3) is 5.91 Å². The topological polar surface area (TPSA) is 79.5 Å². The molecule has 1 fully saturated rings. The molecule has 5 nitrogen and oxygen atoms in total. The van der Waals surface area contributed by atoms with Gasteiger partial charge >= 0.3 is 0 Å². The first kappa shape index (κ1) is 13.8. The highest BCUT2D eigenvalue weighted by Gasteiger charge is 2.28. The first-order valence-corrected chi connectivity index (χ1v) is 6.88. The summed E-state index contributed by atoms with van der Waals surface area (Å²) in [5.74, 6) is -0.163. The Morgan fingerprint density at radius 2 is 2.21 bits per heavy atom. The molecular weight excluding hydrogens is 242 g/mol. The molecule has 1 aromatic rings. The number of aromatic hydroxyl groups is 1. The van der Waals surface area contributed by atoms with E-state index in [-0.39, 0.29) is 17.7 Å². The van der Waals surface area contributed by atoms with Gasteiger partial charge in [-0.1, -0.05) is 12.8 Å². The van der Waals surface area contributed by atoms with Crippen LogP contribution in [-0.4, -0.2) is 40.0 Å². The molecule has 3 N–H and O–H groups in total. The number of rotatable bonds is 5. The molecule has 1 aliphatic rings. The van der Waals surface area contributed by atoms with Gasteiger partial charge < -0.3 is 15.7 Å². The fraction of sp³-hybridized carbons (Fsp3) is 0.571. The van der Waals surface area contributed by atoms with Crippen molar-refractivity contribution < 1.29 is 9.90 Å². The van der Waals surface area contributed by atoms with Crippen LogP contribution < -0.4 is 5.73 Å². The van der Waals surface area contributed by atoms with E-state index in [1.165, 1.54) is 25.2 Å². The number of nitrogens with two attached hydrogens (primary N) is 1. The molecule has 0 spiro atoms. The summed E-state index contributed by atoms with van der Waals surface area (Å²) in [5.41, 5.74) is 5.88. The van der Waals surface area contributed by atoms with Gasteiger partial charge in [0.15, 0.2) is 0 Å². The highest BCUT2D eigenvalue weighted by atomic mass is 16.3. The van der Waals surface area contributed by atoms with Crippen LogP contribution in [0.1, 0.15) is 42.5 Å². The first-order chi connectivity index (χ1) is 9.24. The molecule has 1 heterocycles. The molecule has 0 saturated heterocycles. The Balaban J connectivity index is 2.17. The van der Waals surface area contributed by atoms with Crippen LogP contribution in [0.4, 0.5) is 0 Å². The van der Waals surface area contributed by atoms with Gasteiger partial charge in [-0.3, -0.25) is 9.78 Å². The molecule has 2 rings (SSSR count). The van der Waals surface area contributed by atoms with Crippen molar-refractivity contribution >= 4 is 5.91 Å². The maximum Gasteiger partial charge on any atom is 0.257 e. The molecular formula is C14H21N3O2. The molecule has 0 bridgehead atoms. The Morgan fingerprint density at radius 3 is 2.84 bits per heavy atom. The predicted molar refractivity (Wildman–Crippen MR) is 72.9 cm³/mol. The number of pyridine rings is 1. The fourth-order valence-corrected chi connectivity index (χ4v) is 2.65. The van der Waals surface area contributed by atoms with Crippen LogP contribution in [0, 0.1) is 0 Å². The Labute approximate surface area is 113 Å². The summed E-state index contributed by atoms with van der Waals surface area (Å²) in [6.45, 7) is 1.22. The van der Waals surface area contributed by atoms with Gasteiger partial charge in [-0.2, -0.15) is 0 Å². The minimum atomic E-state index is -0.111. The second-order valence-corrected chi connectivity index (χ2v) is 4.97. The van der Waals surface area contributed by atoms with E-state index in [4.69, 9.17) is 5.73 Å². The number of carbonyl (C=O) groups excluding carboxylic acids is 1. The van der Waals surface area contributed by atoms with Gasteiger partial charge in [0.2, 0.25) is 0 Å². The Morgan fingerprint density at radius 1 is 1.47 bits per heavy atom. The minimum absolute atomic E-state index is 0.0526. The van der Waals surface area contributed by atoms with E-state index in [1.54, 1.807) is 6.07 Å². The van der Waals surface area contributed by atoms with Crippen LogP contribution in [0.3, 0.4) is 0 Å². The molecule has 1 amide bonds. The molecule has 0 unspecified atom stereocenters. The van der Waals surface area contributed by atoms with E-state index in [0.717, 1.165) is 19.3 Å². The van der Waals surface area contributed by atoms with Crippen LogP contribution in [0.15, 0.2) is 18.5 Å². The first-order valence-electron chi connectivity index (χ1n) is 6.88. The van der Waals surface area contributed by atoms with Crippen LogP contribution >= 0.6 is 0 Å². The van der Waals surface area contributed by atoms with Crippen molar-refractivity contribution in [1.82, 2.24) is 9.88 Å². The molecule has 1 saturated carbocycles. The SMILES string of the molecule is NCCCN(C(=O)c1ccncc1O)C1CCCC1. The highest BCUT2D eigenvalue weighted by Crippen LogP contribution is 2.26. The lowest BCUT2D eigenvalue weighted by Gasteiger charge is -2.29. The number of nitrogens with zero attached hydrogens (tertiary/aromatic N) is 2. The van der Waals surface area contributed by atoms with Gasteiger partial charge in [0.05, 0.1) is 11.8 Å². The molecule has 1 aliphatic carbocycles. The van der Waals surface area contributed by atoms with Crippen LogP contribution in [0.5, 0.6) is 5.75 Å². The zero-order chi connectivity index (χ0) is 13.7. The van der Waals surface area contributed by atoms with Crippen molar-refractivity contribution in [2.45, 2.75) is 38.1 Å². The van der Waals surface area contributed by atoms with Crippen molar-refractivity contribution in [2.75, 3.05) is 13.1 Å². The molecule has 0 atom stereocenters. The third-order valence-electron chi connectivity index (χ3n) is 3.66. The van der Waals surface area contributed by atoms with Crippen molar-refractivity contribution in [1.29, 1.82) is 0 Å². The van der Waals surface area contributed by atoms with E-state index >= 15 is 0 Å². The van der Waals surface area contributed by atoms with E-state index in [9.17, 15) is 9.90 Å². The van der Waals surface area contributed by atoms with E-state index in [2.05, 4.69) is 4.98 Å². The predicted octanol–water partition coefficient (Wildman–Crippen LogP) is 1.52. The van der Waals surface area contributed by atoms with Gasteiger partial charge in [0, 0.05) is 18.8 Å². The normalized spacial score (nSPS) is 15.6. The third kappa shape index (κ3) is 3.23. The summed E-state index contributed by atoms with van der Waals surface area (Å²) in [7, 11) is 0. The van der Waals surface area contributed by atoms with Gasteiger partial charge in [0.1, 0.15) is 5.75 Å². The molecule has 0 aliphatic heterocycles. The number of carbonyl (C=O) groups is 1. The van der Waals surface area contributed by atoms with Crippen molar-refractivity contribution in [3.63, 3.8) is 0 Å². The van der Waals surface area contributed by atoms with Crippen LogP contribution in [-0.2, 0) is 0 Å². The van der Waals surface area contributed by atoms with Crippen molar-refractivity contribution in [2.24, 2.45) is 5.73 Å². The van der Waals surface area contributed by atoms with Crippen LogP contribution in [0.2, 0.25) is 0 Å². The lowest BCUT2D eigenvalue weighted by atomic mass is 10.1. The average molecular weight is 263 g/mol. The zero-order valence-electron chi connectivity index (χ0n) is 11.1. The number of amides is 1. The molecule has 5 heteroatoms. The lowest BCUT2D eigenvalue weighted by molar-refractivity contribution is 0.0677. The largest absolute Gasteiger partial charge is 0.505 e. The fourth-order valence-electron chi connectivity index (χ4n) is 2.65. The molecule has 0 radical (unpaired) electrons. The summed E-state index contributed by atoms with van der Waals surface area (Å²) in [6, 6.07) is 1.86.